The molecule has 0 radical (unpaired) electrons. The molecule has 1 saturated heterocycles. The van der Waals surface area contributed by atoms with Gasteiger partial charge < -0.3 is 10.0 Å². The highest BCUT2D eigenvalue weighted by molar-refractivity contribution is 6.07. The standard InChI is InChI=1S/C14H22N2O4/c1-8-5-6-9(2)16(7-8)14(20)15-12(17)10(3)11(4)13(18)19/h8-9H,5-7H2,1-4H3,(H,18,19)(H,15,17,20). The number of likely N-dealkylation sites (tertiary alicyclic amines) is 1. The Morgan fingerprint density at radius 1 is 1.10 bits per heavy atom. The molecule has 0 spiro atoms. The number of carbonyl (C=O) groups excluding carboxylic acids is 2. The highest BCUT2D eigenvalue weighted by atomic mass is 16.4. The van der Waals surface area contributed by atoms with E-state index < -0.39 is 17.9 Å². The van der Waals surface area contributed by atoms with E-state index in [0.29, 0.717) is 12.5 Å². The first-order valence-electron chi connectivity index (χ1n) is 6.76. The molecule has 0 aliphatic carbocycles. The number of aliphatic carboxylic acids is 1. The minimum absolute atomic E-state index is 0.0450. The monoisotopic (exact) mass is 282 g/mol. The fourth-order valence-electron chi connectivity index (χ4n) is 2.17. The molecule has 3 amide bonds. The van der Waals surface area contributed by atoms with Gasteiger partial charge in [0.15, 0.2) is 0 Å². The molecular formula is C14H22N2O4. The van der Waals surface area contributed by atoms with Gasteiger partial charge in [0.05, 0.1) is 0 Å². The van der Waals surface area contributed by atoms with E-state index in [4.69, 9.17) is 5.11 Å². The smallest absolute Gasteiger partial charge is 0.331 e. The van der Waals surface area contributed by atoms with Crippen LogP contribution in [0.4, 0.5) is 4.79 Å². The number of rotatable bonds is 2. The minimum Gasteiger partial charge on any atom is -0.478 e. The topological polar surface area (TPSA) is 86.7 Å². The number of urea groups is 1. The molecule has 0 bridgehead atoms. The normalized spacial score (nSPS) is 23.9. The Kier molecular flexibility index (Phi) is 5.30. The number of carbonyl (C=O) groups is 3. The lowest BCUT2D eigenvalue weighted by Crippen LogP contribution is -2.51. The Morgan fingerprint density at radius 3 is 2.25 bits per heavy atom. The van der Waals surface area contributed by atoms with Crippen molar-refractivity contribution in [1.29, 1.82) is 0 Å². The Morgan fingerprint density at radius 2 is 1.70 bits per heavy atom. The third kappa shape index (κ3) is 3.82. The fourth-order valence-corrected chi connectivity index (χ4v) is 2.17. The molecule has 0 aromatic carbocycles. The second-order valence-corrected chi connectivity index (χ2v) is 5.50. The number of carboxylic acid groups (broad SMARTS) is 1. The van der Waals surface area contributed by atoms with Crippen LogP contribution in [-0.4, -0.2) is 40.5 Å². The maximum atomic E-state index is 12.1. The van der Waals surface area contributed by atoms with Crippen molar-refractivity contribution >= 4 is 17.9 Å². The van der Waals surface area contributed by atoms with Crippen molar-refractivity contribution in [3.8, 4) is 0 Å². The molecule has 0 aromatic rings. The quantitative estimate of drug-likeness (QED) is 0.756. The number of hydrogen-bond acceptors (Lipinski definition) is 3. The SMILES string of the molecule is CC(C(=O)O)=C(C)C(=O)NC(=O)N1CC(C)CCC1C. The van der Waals surface area contributed by atoms with Crippen molar-refractivity contribution in [2.45, 2.75) is 46.6 Å². The van der Waals surface area contributed by atoms with Crippen molar-refractivity contribution in [2.75, 3.05) is 6.54 Å². The number of nitrogens with one attached hydrogen (secondary N) is 1. The first-order valence-corrected chi connectivity index (χ1v) is 6.76. The number of carboxylic acids is 1. The van der Waals surface area contributed by atoms with Crippen LogP contribution in [0.25, 0.3) is 0 Å². The predicted octanol–water partition coefficient (Wildman–Crippen LogP) is 1.76. The molecule has 2 atom stereocenters. The summed E-state index contributed by atoms with van der Waals surface area (Å²) in [5, 5.41) is 11.1. The van der Waals surface area contributed by atoms with Crippen LogP contribution in [0.15, 0.2) is 11.1 Å². The number of hydrogen-bond donors (Lipinski definition) is 2. The van der Waals surface area contributed by atoms with Crippen LogP contribution in [0.5, 0.6) is 0 Å². The van der Waals surface area contributed by atoms with Crippen molar-refractivity contribution in [1.82, 2.24) is 10.2 Å². The maximum Gasteiger partial charge on any atom is 0.331 e. The third-order valence-electron chi connectivity index (χ3n) is 3.82. The van der Waals surface area contributed by atoms with Crippen molar-refractivity contribution in [3.05, 3.63) is 11.1 Å². The van der Waals surface area contributed by atoms with Gasteiger partial charge in [-0.05, 0) is 39.5 Å². The van der Waals surface area contributed by atoms with E-state index in [9.17, 15) is 14.4 Å². The number of imide groups is 1. The summed E-state index contributed by atoms with van der Waals surface area (Å²) < 4.78 is 0. The molecule has 0 aromatic heterocycles. The highest BCUT2D eigenvalue weighted by Crippen LogP contribution is 2.21. The minimum atomic E-state index is -1.16. The zero-order valence-corrected chi connectivity index (χ0v) is 12.4. The molecule has 6 nitrogen and oxygen atoms in total. The van der Waals surface area contributed by atoms with Crippen molar-refractivity contribution in [2.24, 2.45) is 5.92 Å². The van der Waals surface area contributed by atoms with Crippen LogP contribution in [0, 0.1) is 5.92 Å². The van der Waals surface area contributed by atoms with Gasteiger partial charge in [0.1, 0.15) is 0 Å². The highest BCUT2D eigenvalue weighted by Gasteiger charge is 2.28. The van der Waals surface area contributed by atoms with Gasteiger partial charge in [-0.25, -0.2) is 9.59 Å². The second kappa shape index (κ2) is 6.54. The zero-order valence-electron chi connectivity index (χ0n) is 12.4. The summed E-state index contributed by atoms with van der Waals surface area (Å²) in [4.78, 5) is 36.4. The average molecular weight is 282 g/mol. The Hall–Kier alpha value is -1.85. The van der Waals surface area contributed by atoms with Gasteiger partial charge in [0.2, 0.25) is 0 Å². The molecule has 1 heterocycles. The molecule has 6 heteroatoms. The molecule has 2 N–H and O–H groups in total. The van der Waals surface area contributed by atoms with Gasteiger partial charge in [-0.15, -0.1) is 0 Å². The van der Waals surface area contributed by atoms with Crippen molar-refractivity contribution < 1.29 is 19.5 Å². The summed E-state index contributed by atoms with van der Waals surface area (Å²) in [5.41, 5.74) is -0.0149. The van der Waals surface area contributed by atoms with Gasteiger partial charge >= 0.3 is 12.0 Å². The summed E-state index contributed by atoms with van der Waals surface area (Å²) in [6, 6.07) is -0.365. The summed E-state index contributed by atoms with van der Waals surface area (Å²) >= 11 is 0. The summed E-state index contributed by atoms with van der Waals surface area (Å²) in [6.07, 6.45) is 1.97. The lowest BCUT2D eigenvalue weighted by atomic mass is 9.95. The number of amides is 3. The molecular weight excluding hydrogens is 260 g/mol. The molecule has 112 valence electrons. The Bertz CT molecular complexity index is 456. The van der Waals surface area contributed by atoms with E-state index >= 15 is 0 Å². The molecule has 1 aliphatic rings. The molecule has 20 heavy (non-hydrogen) atoms. The van der Waals surface area contributed by atoms with Crippen LogP contribution < -0.4 is 5.32 Å². The largest absolute Gasteiger partial charge is 0.478 e. The average Bonchev–Trinajstić information content (AvgIpc) is 2.39. The van der Waals surface area contributed by atoms with Crippen LogP contribution in [0.2, 0.25) is 0 Å². The summed E-state index contributed by atoms with van der Waals surface area (Å²) in [7, 11) is 0. The van der Waals surface area contributed by atoms with E-state index in [-0.39, 0.29) is 17.2 Å². The molecule has 1 fully saturated rings. The molecule has 0 saturated carbocycles. The van der Waals surface area contributed by atoms with Crippen LogP contribution in [0.3, 0.4) is 0 Å². The van der Waals surface area contributed by atoms with Gasteiger partial charge in [-0.3, -0.25) is 10.1 Å². The van der Waals surface area contributed by atoms with Crippen LogP contribution >= 0.6 is 0 Å². The first kappa shape index (κ1) is 16.2. The number of nitrogens with zero attached hydrogens (tertiary/aromatic N) is 1. The van der Waals surface area contributed by atoms with E-state index in [0.717, 1.165) is 12.8 Å². The molecule has 1 aliphatic heterocycles. The lowest BCUT2D eigenvalue weighted by Gasteiger charge is -2.36. The van der Waals surface area contributed by atoms with E-state index in [1.54, 1.807) is 4.90 Å². The van der Waals surface area contributed by atoms with Crippen LogP contribution in [-0.2, 0) is 9.59 Å². The van der Waals surface area contributed by atoms with Gasteiger partial charge in [0.25, 0.3) is 5.91 Å². The van der Waals surface area contributed by atoms with Gasteiger partial charge in [-0.2, -0.15) is 0 Å². The van der Waals surface area contributed by atoms with Gasteiger partial charge in [-0.1, -0.05) is 6.92 Å². The van der Waals surface area contributed by atoms with E-state index in [1.165, 1.54) is 13.8 Å². The Balaban J connectivity index is 2.73. The molecule has 1 rings (SSSR count). The van der Waals surface area contributed by atoms with Crippen LogP contribution in [0.1, 0.15) is 40.5 Å². The van der Waals surface area contributed by atoms with E-state index in [1.807, 2.05) is 6.92 Å². The van der Waals surface area contributed by atoms with Crippen molar-refractivity contribution in [3.63, 3.8) is 0 Å². The van der Waals surface area contributed by atoms with Gasteiger partial charge in [0, 0.05) is 23.7 Å². The summed E-state index contributed by atoms with van der Waals surface area (Å²) in [5.74, 6) is -1.41. The zero-order chi connectivity index (χ0) is 15.4. The maximum absolute atomic E-state index is 12.1. The molecule has 2 unspecified atom stereocenters. The number of piperidine rings is 1. The fraction of sp³-hybridized carbons (Fsp3) is 0.643. The Labute approximate surface area is 118 Å². The first-order chi connectivity index (χ1) is 9.23. The van der Waals surface area contributed by atoms with E-state index in [2.05, 4.69) is 12.2 Å². The second-order valence-electron chi connectivity index (χ2n) is 5.50. The third-order valence-corrected chi connectivity index (χ3v) is 3.82. The predicted molar refractivity (Wildman–Crippen MR) is 74.1 cm³/mol. The summed E-state index contributed by atoms with van der Waals surface area (Å²) in [6.45, 7) is 7.36. The lowest BCUT2D eigenvalue weighted by molar-refractivity contribution is -0.133.